The second-order valence-electron chi connectivity index (χ2n) is 5.45. The Kier molecular flexibility index (Phi) is 4.15. The lowest BCUT2D eigenvalue weighted by atomic mass is 10.2. The molecule has 1 fully saturated rings. The molecule has 1 aromatic heterocycles. The zero-order valence-electron chi connectivity index (χ0n) is 12.1. The van der Waals surface area contributed by atoms with E-state index in [1.165, 1.54) is 12.8 Å². The van der Waals surface area contributed by atoms with E-state index < -0.39 is 0 Å². The normalized spacial score (nSPS) is 14.2. The van der Waals surface area contributed by atoms with Crippen molar-refractivity contribution in [2.75, 3.05) is 0 Å². The first-order valence-corrected chi connectivity index (χ1v) is 7.28. The highest BCUT2D eigenvalue weighted by Gasteiger charge is 2.20. The van der Waals surface area contributed by atoms with Gasteiger partial charge in [0.1, 0.15) is 6.61 Å². The second kappa shape index (κ2) is 6.22. The molecule has 3 nitrogen and oxygen atoms in total. The fourth-order valence-corrected chi connectivity index (χ4v) is 2.13. The van der Waals surface area contributed by atoms with E-state index in [0.717, 1.165) is 17.9 Å². The summed E-state index contributed by atoms with van der Waals surface area (Å²) in [4.78, 5) is 4.53. The molecule has 0 spiro atoms. The summed E-state index contributed by atoms with van der Waals surface area (Å²) in [5.41, 5.74) is 2.39. The predicted molar refractivity (Wildman–Crippen MR) is 79.6 cm³/mol. The lowest BCUT2D eigenvalue weighted by Crippen LogP contribution is -2.16. The van der Waals surface area contributed by atoms with Gasteiger partial charge in [0.2, 0.25) is 0 Å². The number of aryl methyl sites for hydroxylation is 1. The third kappa shape index (κ3) is 3.79. The van der Waals surface area contributed by atoms with E-state index in [2.05, 4.69) is 10.3 Å². The van der Waals surface area contributed by atoms with Gasteiger partial charge in [0.25, 0.3) is 0 Å². The van der Waals surface area contributed by atoms with Gasteiger partial charge in [0.05, 0.1) is 11.4 Å². The van der Waals surface area contributed by atoms with Crippen molar-refractivity contribution in [1.82, 2.24) is 10.3 Å². The summed E-state index contributed by atoms with van der Waals surface area (Å²) in [6.45, 7) is 2.78. The van der Waals surface area contributed by atoms with Gasteiger partial charge in [-0.15, -0.1) is 0 Å². The molecule has 1 aliphatic carbocycles. The molecule has 110 valence electrons. The maximum atomic E-state index is 13.8. The Morgan fingerprint density at radius 3 is 2.76 bits per heavy atom. The molecule has 0 bridgehead atoms. The van der Waals surface area contributed by atoms with Gasteiger partial charge in [-0.3, -0.25) is 4.98 Å². The number of aromatic nitrogens is 1. The van der Waals surface area contributed by atoms with Crippen LogP contribution in [0.15, 0.2) is 36.4 Å². The number of halogens is 1. The van der Waals surface area contributed by atoms with E-state index in [-0.39, 0.29) is 18.2 Å². The summed E-state index contributed by atoms with van der Waals surface area (Å²) in [5, 5.41) is 3.43. The minimum Gasteiger partial charge on any atom is -0.484 e. The molecular formula is C17H19FN2O. The quantitative estimate of drug-likeness (QED) is 0.884. The molecule has 1 N–H and O–H groups in total. The summed E-state index contributed by atoms with van der Waals surface area (Å²) in [6.07, 6.45) is 2.52. The zero-order valence-corrected chi connectivity index (χ0v) is 12.1. The van der Waals surface area contributed by atoms with Crippen molar-refractivity contribution in [1.29, 1.82) is 0 Å². The largest absolute Gasteiger partial charge is 0.484 e. The highest BCUT2D eigenvalue weighted by Crippen LogP contribution is 2.21. The Morgan fingerprint density at radius 2 is 1.95 bits per heavy atom. The van der Waals surface area contributed by atoms with Crippen molar-refractivity contribution in [3.05, 3.63) is 59.2 Å². The average Bonchev–Trinajstić information content (AvgIpc) is 3.31. The molecule has 0 radical (unpaired) electrons. The van der Waals surface area contributed by atoms with E-state index in [1.54, 1.807) is 25.1 Å². The number of hydrogen-bond donors (Lipinski definition) is 1. The molecule has 0 amide bonds. The van der Waals surface area contributed by atoms with Gasteiger partial charge in [0.15, 0.2) is 11.6 Å². The van der Waals surface area contributed by atoms with Gasteiger partial charge in [-0.1, -0.05) is 18.2 Å². The lowest BCUT2D eigenvalue weighted by Gasteiger charge is -2.09. The van der Waals surface area contributed by atoms with E-state index in [9.17, 15) is 4.39 Å². The van der Waals surface area contributed by atoms with Gasteiger partial charge in [-0.25, -0.2) is 4.39 Å². The van der Waals surface area contributed by atoms with Crippen LogP contribution in [-0.4, -0.2) is 11.0 Å². The minimum absolute atomic E-state index is 0.275. The SMILES string of the molecule is Cc1cccc(OCc2cccc(CNC3CC3)n2)c1F. The van der Waals surface area contributed by atoms with Crippen LogP contribution in [-0.2, 0) is 13.2 Å². The molecule has 1 aromatic carbocycles. The number of rotatable bonds is 6. The van der Waals surface area contributed by atoms with Crippen LogP contribution in [0.2, 0.25) is 0 Å². The minimum atomic E-state index is -0.302. The van der Waals surface area contributed by atoms with Gasteiger partial charge in [-0.05, 0) is 43.5 Å². The van der Waals surface area contributed by atoms with Gasteiger partial charge in [0, 0.05) is 12.6 Å². The molecule has 0 aliphatic heterocycles. The molecule has 1 aliphatic rings. The molecule has 1 heterocycles. The summed E-state index contributed by atoms with van der Waals surface area (Å²) >= 11 is 0. The summed E-state index contributed by atoms with van der Waals surface area (Å²) in [7, 11) is 0. The van der Waals surface area contributed by atoms with Crippen LogP contribution in [0.1, 0.15) is 29.8 Å². The van der Waals surface area contributed by atoms with Crippen molar-refractivity contribution in [3.63, 3.8) is 0 Å². The van der Waals surface area contributed by atoms with Crippen molar-refractivity contribution in [3.8, 4) is 5.75 Å². The van der Waals surface area contributed by atoms with E-state index >= 15 is 0 Å². The highest BCUT2D eigenvalue weighted by molar-refractivity contribution is 5.30. The Hall–Kier alpha value is -1.94. The fourth-order valence-electron chi connectivity index (χ4n) is 2.13. The van der Waals surface area contributed by atoms with Crippen LogP contribution in [0.4, 0.5) is 4.39 Å². The van der Waals surface area contributed by atoms with Gasteiger partial charge >= 0.3 is 0 Å². The van der Waals surface area contributed by atoms with Crippen molar-refractivity contribution in [2.24, 2.45) is 0 Å². The molecule has 1 saturated carbocycles. The first-order valence-electron chi connectivity index (χ1n) is 7.28. The summed E-state index contributed by atoms with van der Waals surface area (Å²) in [6, 6.07) is 11.7. The van der Waals surface area contributed by atoms with E-state index in [0.29, 0.717) is 11.6 Å². The zero-order chi connectivity index (χ0) is 14.7. The highest BCUT2D eigenvalue weighted by atomic mass is 19.1. The Labute approximate surface area is 124 Å². The van der Waals surface area contributed by atoms with E-state index in [4.69, 9.17) is 4.74 Å². The Morgan fingerprint density at radius 1 is 1.19 bits per heavy atom. The lowest BCUT2D eigenvalue weighted by molar-refractivity contribution is 0.285. The molecular weight excluding hydrogens is 267 g/mol. The van der Waals surface area contributed by atoms with Crippen molar-refractivity contribution in [2.45, 2.75) is 39.0 Å². The molecule has 3 rings (SSSR count). The third-order valence-corrected chi connectivity index (χ3v) is 3.55. The number of nitrogens with one attached hydrogen (secondary N) is 1. The molecule has 0 unspecified atom stereocenters. The van der Waals surface area contributed by atoms with Crippen molar-refractivity contribution >= 4 is 0 Å². The van der Waals surface area contributed by atoms with Gasteiger partial charge in [-0.2, -0.15) is 0 Å². The van der Waals surface area contributed by atoms with Crippen LogP contribution in [0.25, 0.3) is 0 Å². The number of hydrogen-bond acceptors (Lipinski definition) is 3. The number of ether oxygens (including phenoxy) is 1. The van der Waals surface area contributed by atoms with Gasteiger partial charge < -0.3 is 10.1 Å². The standard InChI is InChI=1S/C17H19FN2O/c1-12-4-2-7-16(17(12)18)21-11-15-6-3-5-14(20-15)10-19-13-8-9-13/h2-7,13,19H,8-11H2,1H3. The van der Waals surface area contributed by atoms with Crippen molar-refractivity contribution < 1.29 is 9.13 Å². The maximum Gasteiger partial charge on any atom is 0.167 e. The molecule has 0 saturated heterocycles. The fraction of sp³-hybridized carbons (Fsp3) is 0.353. The predicted octanol–water partition coefficient (Wildman–Crippen LogP) is 3.36. The molecule has 21 heavy (non-hydrogen) atoms. The smallest absolute Gasteiger partial charge is 0.167 e. The number of pyridine rings is 1. The number of nitrogens with zero attached hydrogens (tertiary/aromatic N) is 1. The summed E-state index contributed by atoms with van der Waals surface area (Å²) < 4.78 is 19.4. The Balaban J connectivity index is 1.61. The topological polar surface area (TPSA) is 34.1 Å². The Bertz CT molecular complexity index is 626. The van der Waals surface area contributed by atoms with Crippen LogP contribution in [0.5, 0.6) is 5.75 Å². The van der Waals surface area contributed by atoms with Crippen LogP contribution in [0, 0.1) is 12.7 Å². The first-order chi connectivity index (χ1) is 10.2. The summed E-state index contributed by atoms with van der Waals surface area (Å²) in [5.74, 6) is -0.0256. The number of benzene rings is 1. The first kappa shape index (κ1) is 14.0. The van der Waals surface area contributed by atoms with Crippen LogP contribution < -0.4 is 10.1 Å². The molecule has 2 aromatic rings. The van der Waals surface area contributed by atoms with Crippen LogP contribution in [0.3, 0.4) is 0 Å². The molecule has 0 atom stereocenters. The van der Waals surface area contributed by atoms with Crippen LogP contribution >= 0.6 is 0 Å². The monoisotopic (exact) mass is 286 g/mol. The maximum absolute atomic E-state index is 13.8. The van der Waals surface area contributed by atoms with E-state index in [1.807, 2.05) is 18.2 Å². The average molecular weight is 286 g/mol. The second-order valence-corrected chi connectivity index (χ2v) is 5.45. The molecule has 4 heteroatoms. The third-order valence-electron chi connectivity index (χ3n) is 3.55.